The van der Waals surface area contributed by atoms with E-state index in [0.717, 1.165) is 29.4 Å². The van der Waals surface area contributed by atoms with Crippen molar-refractivity contribution < 1.29 is 9.21 Å². The maximum atomic E-state index is 12.6. The summed E-state index contributed by atoms with van der Waals surface area (Å²) in [5, 5.41) is 11.6. The number of nitrogens with zero attached hydrogens (tertiary/aromatic N) is 3. The molecule has 0 saturated carbocycles. The van der Waals surface area contributed by atoms with Crippen molar-refractivity contribution in [1.29, 1.82) is 0 Å². The Morgan fingerprint density at radius 2 is 2.21 bits per heavy atom. The molecule has 0 aliphatic rings. The average molecular weight is 344 g/mol. The zero-order valence-electron chi connectivity index (χ0n) is 13.9. The molecule has 3 heterocycles. The van der Waals surface area contributed by atoms with E-state index in [-0.39, 0.29) is 11.9 Å². The van der Waals surface area contributed by atoms with E-state index in [1.165, 1.54) is 0 Å². The molecule has 0 spiro atoms. The molecule has 7 heteroatoms. The summed E-state index contributed by atoms with van der Waals surface area (Å²) in [5.74, 6) is 2.86. The number of pyridine rings is 1. The lowest BCUT2D eigenvalue weighted by Crippen LogP contribution is -2.30. The summed E-state index contributed by atoms with van der Waals surface area (Å²) in [5.41, 5.74) is 1.33. The van der Waals surface area contributed by atoms with Gasteiger partial charge in [-0.2, -0.15) is 11.8 Å². The van der Waals surface area contributed by atoms with Gasteiger partial charge >= 0.3 is 0 Å². The molecular formula is C17H20N4O2S. The van der Waals surface area contributed by atoms with Gasteiger partial charge in [-0.05, 0) is 50.5 Å². The predicted molar refractivity (Wildman–Crippen MR) is 94.4 cm³/mol. The van der Waals surface area contributed by atoms with E-state index in [2.05, 4.69) is 15.5 Å². The van der Waals surface area contributed by atoms with Gasteiger partial charge in [0.2, 0.25) is 0 Å². The number of aromatic nitrogens is 3. The van der Waals surface area contributed by atoms with Crippen LogP contribution in [0.15, 0.2) is 34.9 Å². The quantitative estimate of drug-likeness (QED) is 0.743. The van der Waals surface area contributed by atoms with E-state index >= 15 is 0 Å². The van der Waals surface area contributed by atoms with Gasteiger partial charge in [0, 0.05) is 6.20 Å². The average Bonchev–Trinajstić information content (AvgIpc) is 3.14. The number of thioether (sulfide) groups is 1. The third-order valence-corrected chi connectivity index (χ3v) is 4.50. The van der Waals surface area contributed by atoms with Crippen molar-refractivity contribution in [3.8, 4) is 0 Å². The smallest absolute Gasteiger partial charge is 0.255 e. The monoisotopic (exact) mass is 344 g/mol. The lowest BCUT2D eigenvalue weighted by atomic mass is 10.1. The number of fused-ring (bicyclic) bond motifs is 1. The molecule has 1 atom stereocenters. The standard InChI is InChI=1S/C17H20N4O2S/c1-11-10-13(12(2)23-11)17(22)18-14(7-9-24-3)16-20-19-15-6-4-5-8-21(15)16/h4-6,8,10,14H,7,9H2,1-3H3,(H,18,22). The fraction of sp³-hybridized carbons (Fsp3) is 0.353. The molecule has 0 aliphatic heterocycles. The van der Waals surface area contributed by atoms with Crippen LogP contribution in [0, 0.1) is 13.8 Å². The summed E-state index contributed by atoms with van der Waals surface area (Å²) in [7, 11) is 0. The number of aryl methyl sites for hydroxylation is 2. The van der Waals surface area contributed by atoms with Crippen molar-refractivity contribution in [2.75, 3.05) is 12.0 Å². The third-order valence-electron chi connectivity index (χ3n) is 3.85. The van der Waals surface area contributed by atoms with Gasteiger partial charge in [-0.3, -0.25) is 9.20 Å². The van der Waals surface area contributed by atoms with Crippen molar-refractivity contribution >= 4 is 23.3 Å². The molecule has 3 aromatic rings. The number of rotatable bonds is 6. The van der Waals surface area contributed by atoms with Gasteiger partial charge in [0.25, 0.3) is 5.91 Å². The molecule has 0 aromatic carbocycles. The summed E-state index contributed by atoms with van der Waals surface area (Å²) in [6.45, 7) is 3.63. The summed E-state index contributed by atoms with van der Waals surface area (Å²) in [4.78, 5) is 12.6. The summed E-state index contributed by atoms with van der Waals surface area (Å²) in [6, 6.07) is 7.29. The first-order valence-corrected chi connectivity index (χ1v) is 9.16. The molecule has 6 nitrogen and oxygen atoms in total. The Bertz CT molecular complexity index is 855. The number of carbonyl (C=O) groups is 1. The normalized spacial score (nSPS) is 12.5. The van der Waals surface area contributed by atoms with Gasteiger partial charge < -0.3 is 9.73 Å². The lowest BCUT2D eigenvalue weighted by molar-refractivity contribution is 0.0932. The van der Waals surface area contributed by atoms with Gasteiger partial charge in [-0.15, -0.1) is 10.2 Å². The molecule has 1 N–H and O–H groups in total. The Hall–Kier alpha value is -2.28. The van der Waals surface area contributed by atoms with Crippen LogP contribution in [0.4, 0.5) is 0 Å². The van der Waals surface area contributed by atoms with Gasteiger partial charge in [0.15, 0.2) is 11.5 Å². The second-order valence-corrected chi connectivity index (χ2v) is 6.61. The van der Waals surface area contributed by atoms with Crippen molar-refractivity contribution in [1.82, 2.24) is 19.9 Å². The first-order chi connectivity index (χ1) is 11.6. The fourth-order valence-corrected chi connectivity index (χ4v) is 3.16. The molecule has 0 saturated heterocycles. The van der Waals surface area contributed by atoms with Crippen LogP contribution in [0.2, 0.25) is 0 Å². The minimum atomic E-state index is -0.211. The summed E-state index contributed by atoms with van der Waals surface area (Å²) in [6.07, 6.45) is 4.74. The minimum absolute atomic E-state index is 0.150. The molecule has 3 aromatic heterocycles. The number of amides is 1. The number of hydrogen-bond acceptors (Lipinski definition) is 5. The summed E-state index contributed by atoms with van der Waals surface area (Å²) >= 11 is 1.74. The van der Waals surface area contributed by atoms with Gasteiger partial charge in [0.1, 0.15) is 11.5 Å². The highest BCUT2D eigenvalue weighted by Gasteiger charge is 2.22. The Morgan fingerprint density at radius 3 is 2.92 bits per heavy atom. The number of hydrogen-bond donors (Lipinski definition) is 1. The molecule has 1 unspecified atom stereocenters. The highest BCUT2D eigenvalue weighted by Crippen LogP contribution is 2.20. The number of nitrogens with one attached hydrogen (secondary N) is 1. The van der Waals surface area contributed by atoms with E-state index < -0.39 is 0 Å². The predicted octanol–water partition coefficient (Wildman–Crippen LogP) is 3.16. The molecule has 0 aliphatic carbocycles. The third kappa shape index (κ3) is 3.31. The van der Waals surface area contributed by atoms with Crippen LogP contribution < -0.4 is 5.32 Å². The lowest BCUT2D eigenvalue weighted by Gasteiger charge is -2.16. The molecule has 1 amide bonds. The van der Waals surface area contributed by atoms with E-state index in [9.17, 15) is 4.79 Å². The van der Waals surface area contributed by atoms with Crippen LogP contribution in [0.1, 0.15) is 40.2 Å². The van der Waals surface area contributed by atoms with Gasteiger partial charge in [-0.25, -0.2) is 0 Å². The molecule has 0 fully saturated rings. The van der Waals surface area contributed by atoms with Crippen LogP contribution in [0.5, 0.6) is 0 Å². The molecule has 3 rings (SSSR count). The van der Waals surface area contributed by atoms with Crippen molar-refractivity contribution in [3.05, 3.63) is 53.4 Å². The van der Waals surface area contributed by atoms with E-state index in [4.69, 9.17) is 4.42 Å². The number of furan rings is 1. The maximum Gasteiger partial charge on any atom is 0.255 e. The van der Waals surface area contributed by atoms with Crippen LogP contribution in [-0.4, -0.2) is 32.5 Å². The second kappa shape index (κ2) is 7.09. The molecule has 0 bridgehead atoms. The van der Waals surface area contributed by atoms with Gasteiger partial charge in [0.05, 0.1) is 11.6 Å². The van der Waals surface area contributed by atoms with Crippen LogP contribution in [-0.2, 0) is 0 Å². The Labute approximate surface area is 144 Å². The van der Waals surface area contributed by atoms with Gasteiger partial charge in [-0.1, -0.05) is 6.07 Å². The second-order valence-electron chi connectivity index (χ2n) is 5.62. The topological polar surface area (TPSA) is 72.4 Å². The van der Waals surface area contributed by atoms with E-state index in [1.807, 2.05) is 42.0 Å². The molecule has 24 heavy (non-hydrogen) atoms. The van der Waals surface area contributed by atoms with Crippen LogP contribution >= 0.6 is 11.8 Å². The highest BCUT2D eigenvalue weighted by atomic mass is 32.2. The molecule has 126 valence electrons. The molecule has 0 radical (unpaired) electrons. The number of carbonyl (C=O) groups excluding carboxylic acids is 1. The Morgan fingerprint density at radius 1 is 1.38 bits per heavy atom. The van der Waals surface area contributed by atoms with Crippen molar-refractivity contribution in [2.24, 2.45) is 0 Å². The van der Waals surface area contributed by atoms with E-state index in [1.54, 1.807) is 24.8 Å². The zero-order chi connectivity index (χ0) is 17.1. The Balaban J connectivity index is 1.89. The van der Waals surface area contributed by atoms with Crippen molar-refractivity contribution in [2.45, 2.75) is 26.3 Å². The van der Waals surface area contributed by atoms with Crippen LogP contribution in [0.3, 0.4) is 0 Å². The highest BCUT2D eigenvalue weighted by molar-refractivity contribution is 7.98. The van der Waals surface area contributed by atoms with E-state index in [0.29, 0.717) is 11.3 Å². The first-order valence-electron chi connectivity index (χ1n) is 7.76. The zero-order valence-corrected chi connectivity index (χ0v) is 14.8. The van der Waals surface area contributed by atoms with Crippen LogP contribution in [0.25, 0.3) is 5.65 Å². The molecular weight excluding hydrogens is 324 g/mol. The Kier molecular flexibility index (Phi) is 4.89. The maximum absolute atomic E-state index is 12.6. The minimum Gasteiger partial charge on any atom is -0.466 e. The summed E-state index contributed by atoms with van der Waals surface area (Å²) < 4.78 is 7.38. The largest absolute Gasteiger partial charge is 0.466 e. The SMILES string of the molecule is CSCCC(NC(=O)c1cc(C)oc1C)c1nnc2ccccn12. The fourth-order valence-electron chi connectivity index (χ4n) is 2.69. The van der Waals surface area contributed by atoms with Crippen molar-refractivity contribution in [3.63, 3.8) is 0 Å². The first kappa shape index (κ1) is 16.6.